The summed E-state index contributed by atoms with van der Waals surface area (Å²) >= 11 is 6.01. The van der Waals surface area contributed by atoms with Crippen molar-refractivity contribution in [1.82, 2.24) is 5.09 Å². The van der Waals surface area contributed by atoms with E-state index in [0.717, 1.165) is 0 Å². The average Bonchev–Trinajstić information content (AvgIpc) is 2.75. The number of hydrogen-bond acceptors (Lipinski definition) is 3. The van der Waals surface area contributed by atoms with Crippen molar-refractivity contribution in [1.29, 1.82) is 0 Å². The zero-order valence-electron chi connectivity index (χ0n) is 15.9. The third-order valence-electron chi connectivity index (χ3n) is 4.86. The molecular weight excluding hydrogens is 407 g/mol. The molecule has 0 aliphatic rings. The highest BCUT2D eigenvalue weighted by Gasteiger charge is 2.38. The Kier molecular flexibility index (Phi) is 6.86. The Bertz CT molecular complexity index is 954. The largest absolute Gasteiger partial charge is 0.296 e. The molecule has 3 rings (SSSR count). The molecule has 1 N–H and O–H groups in total. The number of nitro groups is 1. The summed E-state index contributed by atoms with van der Waals surface area (Å²) in [6, 6.07) is 23.3. The van der Waals surface area contributed by atoms with E-state index in [1.165, 1.54) is 0 Å². The van der Waals surface area contributed by atoms with E-state index in [0.29, 0.717) is 21.2 Å². The van der Waals surface area contributed by atoms with E-state index in [-0.39, 0.29) is 11.3 Å². The number of halogens is 1. The Balaban J connectivity index is 2.14. The molecule has 0 saturated heterocycles. The first-order valence-electron chi connectivity index (χ1n) is 9.33. The van der Waals surface area contributed by atoms with Gasteiger partial charge >= 0.3 is 0 Å². The molecule has 3 aromatic rings. The molecule has 3 aromatic carbocycles. The first-order valence-corrected chi connectivity index (χ1v) is 11.4. The fourth-order valence-electron chi connectivity index (χ4n) is 3.33. The zero-order chi connectivity index (χ0) is 20.9. The van der Waals surface area contributed by atoms with Gasteiger partial charge in [-0.2, -0.15) is 0 Å². The maximum atomic E-state index is 14.4. The van der Waals surface area contributed by atoms with Gasteiger partial charge in [-0.05, 0) is 42.0 Å². The van der Waals surface area contributed by atoms with Gasteiger partial charge in [0.05, 0.1) is 0 Å². The van der Waals surface area contributed by atoms with Gasteiger partial charge in [-0.25, -0.2) is 5.09 Å². The van der Waals surface area contributed by atoms with E-state index in [9.17, 15) is 14.7 Å². The molecular formula is C22H22ClN2O3P. The van der Waals surface area contributed by atoms with E-state index >= 15 is 0 Å². The number of hydrogen-bond donors (Lipinski definition) is 1. The highest BCUT2D eigenvalue weighted by Crippen LogP contribution is 2.43. The minimum atomic E-state index is -3.35. The van der Waals surface area contributed by atoms with Crippen molar-refractivity contribution < 1.29 is 9.49 Å². The van der Waals surface area contributed by atoms with E-state index in [2.05, 4.69) is 5.09 Å². The molecule has 0 spiro atoms. The smallest absolute Gasteiger partial charge is 0.232 e. The second kappa shape index (κ2) is 9.36. The van der Waals surface area contributed by atoms with Gasteiger partial charge in [-0.1, -0.05) is 67.1 Å². The van der Waals surface area contributed by atoms with Gasteiger partial charge in [-0.3, -0.25) is 14.7 Å². The van der Waals surface area contributed by atoms with E-state index < -0.39 is 19.4 Å². The van der Waals surface area contributed by atoms with E-state index in [1.807, 2.05) is 36.4 Å². The monoisotopic (exact) mass is 428 g/mol. The maximum Gasteiger partial charge on any atom is 0.232 e. The van der Waals surface area contributed by atoms with Crippen molar-refractivity contribution >= 4 is 29.5 Å². The van der Waals surface area contributed by atoms with Crippen LogP contribution in [0.1, 0.15) is 24.9 Å². The molecule has 2 atom stereocenters. The second-order valence-corrected chi connectivity index (χ2v) is 9.65. The van der Waals surface area contributed by atoms with Crippen LogP contribution in [-0.2, 0) is 4.57 Å². The van der Waals surface area contributed by atoms with Crippen molar-refractivity contribution in [2.75, 3.05) is 0 Å². The summed E-state index contributed by atoms with van der Waals surface area (Å²) in [7, 11) is -3.35. The molecule has 0 radical (unpaired) electrons. The van der Waals surface area contributed by atoms with Gasteiger partial charge in [0, 0.05) is 27.0 Å². The lowest BCUT2D eigenvalue weighted by Gasteiger charge is -2.28. The predicted octanol–water partition coefficient (Wildman–Crippen LogP) is 4.96. The highest BCUT2D eigenvalue weighted by atomic mass is 35.5. The van der Waals surface area contributed by atoms with Gasteiger partial charge in [0.15, 0.2) is 0 Å². The Hall–Kier alpha value is -2.46. The van der Waals surface area contributed by atoms with Crippen molar-refractivity contribution in [3.8, 4) is 0 Å². The van der Waals surface area contributed by atoms with E-state index in [1.54, 1.807) is 55.5 Å². The molecule has 0 aliphatic carbocycles. The topological polar surface area (TPSA) is 72.2 Å². The van der Waals surface area contributed by atoms with Gasteiger partial charge < -0.3 is 0 Å². The molecule has 0 bridgehead atoms. The van der Waals surface area contributed by atoms with Gasteiger partial charge in [-0.15, -0.1) is 0 Å². The molecule has 29 heavy (non-hydrogen) atoms. The highest BCUT2D eigenvalue weighted by molar-refractivity contribution is 7.76. The standard InChI is InChI=1S/C22H22ClN2O3P/c1-2-21(25(26)27)22(17-13-15-18(23)16-14-17)24-29(28,19-9-5-3-6-10-19)20-11-7-4-8-12-20/h3-16,21-22H,2H2,1H3,(H,24,28)/t21-,22+/m0/s1. The minimum Gasteiger partial charge on any atom is -0.296 e. The van der Waals surface area contributed by atoms with Crippen LogP contribution < -0.4 is 15.7 Å². The predicted molar refractivity (Wildman–Crippen MR) is 118 cm³/mol. The second-order valence-electron chi connectivity index (χ2n) is 6.70. The third kappa shape index (κ3) is 4.76. The molecule has 150 valence electrons. The summed E-state index contributed by atoms with van der Waals surface area (Å²) in [6.07, 6.45) is 0.289. The number of nitrogens with zero attached hydrogens (tertiary/aromatic N) is 1. The van der Waals surface area contributed by atoms with Crippen LogP contribution in [-0.4, -0.2) is 11.0 Å². The quantitative estimate of drug-likeness (QED) is 0.313. The van der Waals surface area contributed by atoms with Crippen LogP contribution in [0.2, 0.25) is 5.02 Å². The van der Waals surface area contributed by atoms with Crippen LogP contribution in [0.5, 0.6) is 0 Å². The summed E-state index contributed by atoms with van der Waals surface area (Å²) in [5.41, 5.74) is 0.671. The van der Waals surface area contributed by atoms with Crippen LogP contribution in [0.15, 0.2) is 84.9 Å². The lowest BCUT2D eigenvalue weighted by Crippen LogP contribution is -2.39. The Labute approximate surface area is 175 Å². The fraction of sp³-hybridized carbons (Fsp3) is 0.182. The van der Waals surface area contributed by atoms with Gasteiger partial charge in [0.25, 0.3) is 0 Å². The summed E-state index contributed by atoms with van der Waals surface area (Å²) in [5.74, 6) is 0. The molecule has 0 unspecified atom stereocenters. The Morgan fingerprint density at radius 2 is 1.41 bits per heavy atom. The van der Waals surface area contributed by atoms with Gasteiger partial charge in [0.1, 0.15) is 6.04 Å². The molecule has 0 heterocycles. The van der Waals surface area contributed by atoms with Crippen LogP contribution in [0.4, 0.5) is 0 Å². The van der Waals surface area contributed by atoms with Crippen LogP contribution in [0, 0.1) is 10.1 Å². The van der Waals surface area contributed by atoms with Crippen LogP contribution in [0.3, 0.4) is 0 Å². The normalized spacial score (nSPS) is 13.6. The minimum absolute atomic E-state index is 0.289. The Morgan fingerprint density at radius 3 is 1.83 bits per heavy atom. The number of benzene rings is 3. The first kappa shape index (κ1) is 21.3. The van der Waals surface area contributed by atoms with Crippen molar-refractivity contribution in [2.45, 2.75) is 25.4 Å². The van der Waals surface area contributed by atoms with E-state index in [4.69, 9.17) is 11.6 Å². The number of rotatable bonds is 8. The first-order chi connectivity index (χ1) is 14.0. The fourth-order valence-corrected chi connectivity index (χ4v) is 5.95. The zero-order valence-corrected chi connectivity index (χ0v) is 17.6. The Morgan fingerprint density at radius 1 is 0.931 bits per heavy atom. The summed E-state index contributed by atoms with van der Waals surface area (Å²) in [6.45, 7) is 1.76. The van der Waals surface area contributed by atoms with Crippen LogP contribution >= 0.6 is 18.9 Å². The van der Waals surface area contributed by atoms with Crippen molar-refractivity contribution in [3.05, 3.63) is 106 Å². The third-order valence-corrected chi connectivity index (χ3v) is 7.81. The average molecular weight is 429 g/mol. The molecule has 7 heteroatoms. The molecule has 0 saturated carbocycles. The molecule has 0 amide bonds. The lowest BCUT2D eigenvalue weighted by molar-refractivity contribution is -0.527. The SMILES string of the molecule is CC[C@@H]([C@H](NP(=O)(c1ccccc1)c1ccccc1)c1ccc(Cl)cc1)[N+](=O)[O-]. The summed E-state index contributed by atoms with van der Waals surface area (Å²) in [5, 5.41) is 16.8. The molecule has 0 fully saturated rings. The van der Waals surface area contributed by atoms with Gasteiger partial charge in [0.2, 0.25) is 13.3 Å². The van der Waals surface area contributed by atoms with Crippen molar-refractivity contribution in [3.63, 3.8) is 0 Å². The van der Waals surface area contributed by atoms with Crippen LogP contribution in [0.25, 0.3) is 0 Å². The number of nitrogens with one attached hydrogen (secondary N) is 1. The lowest BCUT2D eigenvalue weighted by atomic mass is 9.99. The summed E-state index contributed by atoms with van der Waals surface area (Å²) < 4.78 is 14.4. The maximum absolute atomic E-state index is 14.4. The van der Waals surface area contributed by atoms with Crippen molar-refractivity contribution in [2.24, 2.45) is 0 Å². The molecule has 0 aromatic heterocycles. The molecule has 5 nitrogen and oxygen atoms in total. The summed E-state index contributed by atoms with van der Waals surface area (Å²) in [4.78, 5) is 11.5. The molecule has 0 aliphatic heterocycles.